The van der Waals surface area contributed by atoms with Gasteiger partial charge in [0.1, 0.15) is 11.5 Å². The van der Waals surface area contributed by atoms with Crippen LogP contribution in [0.4, 0.5) is 5.69 Å². The summed E-state index contributed by atoms with van der Waals surface area (Å²) in [5.41, 5.74) is 0.696. The highest BCUT2D eigenvalue weighted by Gasteiger charge is 2.25. The van der Waals surface area contributed by atoms with Crippen LogP contribution in [-0.4, -0.2) is 33.8 Å². The minimum absolute atomic E-state index is 0.165. The summed E-state index contributed by atoms with van der Waals surface area (Å²) in [4.78, 5) is 12.8. The van der Waals surface area contributed by atoms with Gasteiger partial charge in [-0.1, -0.05) is 19.9 Å². The van der Waals surface area contributed by atoms with Crippen LogP contribution < -0.4 is 14.8 Å². The van der Waals surface area contributed by atoms with Crippen molar-refractivity contribution in [2.24, 2.45) is 0 Å². The van der Waals surface area contributed by atoms with Crippen molar-refractivity contribution in [1.29, 1.82) is 0 Å². The van der Waals surface area contributed by atoms with Crippen LogP contribution in [0.3, 0.4) is 0 Å². The van der Waals surface area contributed by atoms with Crippen molar-refractivity contribution in [3.05, 3.63) is 48.0 Å². The minimum Gasteiger partial charge on any atom is -0.497 e. The topological polar surface area (TPSA) is 81.7 Å². The number of sulfone groups is 1. The van der Waals surface area contributed by atoms with Gasteiger partial charge in [0, 0.05) is 5.56 Å². The predicted octanol–water partition coefficient (Wildman–Crippen LogP) is 3.92. The molecule has 1 N–H and O–H groups in total. The highest BCUT2D eigenvalue weighted by Crippen LogP contribution is 2.31. The molecule has 0 radical (unpaired) electrons. The van der Waals surface area contributed by atoms with Crippen LogP contribution in [0.15, 0.2) is 47.4 Å². The molecule has 2 aromatic carbocycles. The fourth-order valence-electron chi connectivity index (χ4n) is 2.84. The third kappa shape index (κ3) is 4.60. The van der Waals surface area contributed by atoms with Crippen molar-refractivity contribution in [3.8, 4) is 11.5 Å². The second kappa shape index (κ2) is 8.90. The van der Waals surface area contributed by atoms with Crippen molar-refractivity contribution in [2.75, 3.05) is 19.5 Å². The smallest absolute Gasteiger partial charge is 0.255 e. The highest BCUT2D eigenvalue weighted by molar-refractivity contribution is 7.92. The maximum absolute atomic E-state index is 12.8. The maximum Gasteiger partial charge on any atom is 0.255 e. The number of amides is 1. The monoisotopic (exact) mass is 391 g/mol. The Bertz CT molecular complexity index is 904. The zero-order chi connectivity index (χ0) is 20.0. The van der Waals surface area contributed by atoms with E-state index in [1.54, 1.807) is 30.3 Å². The molecule has 0 aliphatic heterocycles. The first kappa shape index (κ1) is 20.8. The molecule has 0 aliphatic rings. The molecule has 0 saturated heterocycles. The van der Waals surface area contributed by atoms with Crippen LogP contribution >= 0.6 is 0 Å². The zero-order valence-corrected chi connectivity index (χ0v) is 16.8. The maximum atomic E-state index is 12.8. The van der Waals surface area contributed by atoms with Gasteiger partial charge in [-0.05, 0) is 49.2 Å². The molecular weight excluding hydrogens is 366 g/mol. The summed E-state index contributed by atoms with van der Waals surface area (Å²) < 4.78 is 36.0. The van der Waals surface area contributed by atoms with Gasteiger partial charge in [-0.3, -0.25) is 4.79 Å². The number of ether oxygens (including phenoxy) is 2. The van der Waals surface area contributed by atoms with Gasteiger partial charge in [0.2, 0.25) is 0 Å². The lowest BCUT2D eigenvalue weighted by Gasteiger charge is -2.16. The fourth-order valence-corrected chi connectivity index (χ4v) is 4.64. The predicted molar refractivity (Wildman–Crippen MR) is 105 cm³/mol. The number of carbonyl (C=O) groups is 1. The molecule has 0 aliphatic carbocycles. The minimum atomic E-state index is -3.49. The molecule has 1 amide bonds. The van der Waals surface area contributed by atoms with Crippen molar-refractivity contribution in [3.63, 3.8) is 0 Å². The number of methoxy groups -OCH3 is 2. The van der Waals surface area contributed by atoms with Crippen LogP contribution in [0.5, 0.6) is 11.5 Å². The average molecular weight is 391 g/mol. The lowest BCUT2D eigenvalue weighted by molar-refractivity contribution is 0.102. The molecule has 0 atom stereocenters. The van der Waals surface area contributed by atoms with E-state index in [1.807, 2.05) is 13.8 Å². The molecule has 0 bridgehead atoms. The van der Waals surface area contributed by atoms with Gasteiger partial charge < -0.3 is 14.8 Å². The number of hydrogen-bond acceptors (Lipinski definition) is 5. The first-order valence-electron chi connectivity index (χ1n) is 8.74. The molecule has 6 nitrogen and oxygen atoms in total. The molecule has 27 heavy (non-hydrogen) atoms. The van der Waals surface area contributed by atoms with Gasteiger partial charge in [-0.25, -0.2) is 8.42 Å². The molecule has 0 unspecified atom stereocenters. The van der Waals surface area contributed by atoms with Crippen LogP contribution in [-0.2, 0) is 9.84 Å². The van der Waals surface area contributed by atoms with Gasteiger partial charge in [-0.15, -0.1) is 0 Å². The Morgan fingerprint density at radius 3 is 2.33 bits per heavy atom. The lowest BCUT2D eigenvalue weighted by Crippen LogP contribution is -2.20. The van der Waals surface area contributed by atoms with Crippen molar-refractivity contribution in [2.45, 2.75) is 36.8 Å². The first-order valence-corrected chi connectivity index (χ1v) is 10.3. The first-order chi connectivity index (χ1) is 12.9. The molecule has 0 spiro atoms. The van der Waals surface area contributed by atoms with Crippen LogP contribution in [0.25, 0.3) is 0 Å². The Hall–Kier alpha value is -2.54. The molecule has 0 fully saturated rings. The molecule has 7 heteroatoms. The Morgan fingerprint density at radius 2 is 1.74 bits per heavy atom. The SMILES string of the molecule is CCC(CC)S(=O)(=O)c1ccc(OC)c(NC(=O)c2cccc(OC)c2)c1. The number of carbonyl (C=O) groups excluding carboxylic acids is 1. The second-order valence-corrected chi connectivity index (χ2v) is 8.26. The summed E-state index contributed by atoms with van der Waals surface area (Å²) in [5, 5.41) is 2.27. The van der Waals surface area contributed by atoms with Crippen molar-refractivity contribution < 1.29 is 22.7 Å². The van der Waals surface area contributed by atoms with E-state index < -0.39 is 15.1 Å². The Labute approximate surface area is 160 Å². The van der Waals surface area contributed by atoms with Crippen molar-refractivity contribution >= 4 is 21.4 Å². The number of nitrogens with one attached hydrogen (secondary N) is 1. The molecule has 0 heterocycles. The van der Waals surface area contributed by atoms with Crippen LogP contribution in [0, 0.1) is 0 Å². The number of hydrogen-bond donors (Lipinski definition) is 1. The molecule has 2 aromatic rings. The molecule has 146 valence electrons. The highest BCUT2D eigenvalue weighted by atomic mass is 32.2. The standard InChI is InChI=1S/C20H25NO5S/c1-5-16(6-2)27(23,24)17-10-11-19(26-4)18(13-17)21-20(22)14-8-7-9-15(12-14)25-3/h7-13,16H,5-6H2,1-4H3,(H,21,22). The van der Waals surface area contributed by atoms with E-state index in [0.717, 1.165) is 0 Å². The largest absolute Gasteiger partial charge is 0.497 e. The molecule has 0 aromatic heterocycles. The van der Waals surface area contributed by atoms with E-state index in [9.17, 15) is 13.2 Å². The molecular formula is C20H25NO5S. The number of benzene rings is 2. The fraction of sp³-hybridized carbons (Fsp3) is 0.350. The van der Waals surface area contributed by atoms with E-state index in [2.05, 4.69) is 5.32 Å². The Balaban J connectivity index is 2.39. The zero-order valence-electron chi connectivity index (χ0n) is 16.0. The average Bonchev–Trinajstić information content (AvgIpc) is 2.68. The van der Waals surface area contributed by atoms with Gasteiger partial charge in [0.15, 0.2) is 9.84 Å². The third-order valence-corrected chi connectivity index (χ3v) is 6.88. The quantitative estimate of drug-likeness (QED) is 0.738. The van der Waals surface area contributed by atoms with Gasteiger partial charge in [-0.2, -0.15) is 0 Å². The van der Waals surface area contributed by atoms with E-state index >= 15 is 0 Å². The molecule has 0 saturated carbocycles. The Kier molecular flexibility index (Phi) is 6.85. The van der Waals surface area contributed by atoms with E-state index in [4.69, 9.17) is 9.47 Å². The van der Waals surface area contributed by atoms with Gasteiger partial charge in [0.25, 0.3) is 5.91 Å². The summed E-state index contributed by atoms with van der Waals surface area (Å²) >= 11 is 0. The van der Waals surface area contributed by atoms with E-state index in [-0.39, 0.29) is 10.8 Å². The Morgan fingerprint density at radius 1 is 1.04 bits per heavy atom. The summed E-state index contributed by atoms with van der Waals surface area (Å²) in [6.45, 7) is 3.70. The lowest BCUT2D eigenvalue weighted by atomic mass is 10.2. The van der Waals surface area contributed by atoms with Crippen LogP contribution in [0.2, 0.25) is 0 Å². The van der Waals surface area contributed by atoms with Gasteiger partial charge >= 0.3 is 0 Å². The van der Waals surface area contributed by atoms with Crippen LogP contribution in [0.1, 0.15) is 37.0 Å². The van der Waals surface area contributed by atoms with Gasteiger partial charge in [0.05, 0.1) is 30.1 Å². The summed E-state index contributed by atoms with van der Waals surface area (Å²) in [6, 6.07) is 11.2. The normalized spacial score (nSPS) is 11.3. The van der Waals surface area contributed by atoms with E-state index in [1.165, 1.54) is 26.4 Å². The summed E-state index contributed by atoms with van der Waals surface area (Å²) in [7, 11) is -0.503. The number of rotatable bonds is 8. The second-order valence-electron chi connectivity index (χ2n) is 6.03. The summed E-state index contributed by atoms with van der Waals surface area (Å²) in [6.07, 6.45) is 1.05. The third-order valence-electron chi connectivity index (χ3n) is 4.43. The summed E-state index contributed by atoms with van der Waals surface area (Å²) in [5.74, 6) is 0.554. The molecule has 2 rings (SSSR count). The number of anilines is 1. The van der Waals surface area contributed by atoms with Crippen molar-refractivity contribution in [1.82, 2.24) is 0 Å². The van der Waals surface area contributed by atoms with E-state index in [0.29, 0.717) is 35.6 Å².